The van der Waals surface area contributed by atoms with Gasteiger partial charge < -0.3 is 5.32 Å². The second kappa shape index (κ2) is 8.99. The maximum Gasteiger partial charge on any atom is 0.0465 e. The van der Waals surface area contributed by atoms with Crippen molar-refractivity contribution in [2.75, 3.05) is 6.54 Å². The van der Waals surface area contributed by atoms with Crippen LogP contribution >= 0.6 is 27.5 Å². The number of hydrogen-bond acceptors (Lipinski definition) is 1. The topological polar surface area (TPSA) is 12.0 Å². The molecule has 1 aromatic carbocycles. The molecule has 0 aliphatic heterocycles. The molecule has 1 rings (SSSR count). The Morgan fingerprint density at radius 2 is 1.89 bits per heavy atom. The molecule has 1 N–H and O–H groups in total. The van der Waals surface area contributed by atoms with Crippen LogP contribution in [0.2, 0.25) is 5.02 Å². The lowest BCUT2D eigenvalue weighted by molar-refractivity contribution is 0.371. The van der Waals surface area contributed by atoms with Crippen LogP contribution in [0.4, 0.5) is 0 Å². The van der Waals surface area contributed by atoms with E-state index in [9.17, 15) is 0 Å². The van der Waals surface area contributed by atoms with Crippen LogP contribution in [0.5, 0.6) is 0 Å². The van der Waals surface area contributed by atoms with Crippen LogP contribution in [-0.4, -0.2) is 6.54 Å². The van der Waals surface area contributed by atoms with E-state index in [1.807, 2.05) is 6.07 Å². The molecule has 19 heavy (non-hydrogen) atoms. The van der Waals surface area contributed by atoms with Gasteiger partial charge in [-0.3, -0.25) is 0 Å². The molecule has 0 aliphatic rings. The van der Waals surface area contributed by atoms with E-state index in [2.05, 4.69) is 54.2 Å². The number of hydrogen-bond donors (Lipinski definition) is 1. The zero-order chi connectivity index (χ0) is 14.3. The van der Waals surface area contributed by atoms with E-state index in [1.165, 1.54) is 18.4 Å². The summed E-state index contributed by atoms with van der Waals surface area (Å²) in [6, 6.07) is 6.58. The monoisotopic (exact) mass is 345 g/mol. The maximum atomic E-state index is 6.40. The maximum absolute atomic E-state index is 6.40. The number of nitrogens with one attached hydrogen (secondary N) is 1. The molecule has 1 nitrogen and oxygen atoms in total. The number of benzene rings is 1. The highest BCUT2D eigenvalue weighted by atomic mass is 79.9. The SMILES string of the molecule is CCCNC(CC(CC)CC)c1ccc(Br)cc1Cl. The van der Waals surface area contributed by atoms with Crippen LogP contribution in [0.1, 0.15) is 58.1 Å². The number of halogens is 2. The zero-order valence-corrected chi connectivity index (χ0v) is 14.5. The Bertz CT molecular complexity index is 377. The zero-order valence-electron chi connectivity index (χ0n) is 12.2. The summed E-state index contributed by atoms with van der Waals surface area (Å²) in [5.74, 6) is 0.758. The molecule has 1 aromatic rings. The van der Waals surface area contributed by atoms with E-state index in [0.717, 1.165) is 34.8 Å². The Labute approximate surface area is 131 Å². The fourth-order valence-electron chi connectivity index (χ4n) is 2.38. The van der Waals surface area contributed by atoms with Crippen LogP contribution in [-0.2, 0) is 0 Å². The summed E-state index contributed by atoms with van der Waals surface area (Å²) in [5, 5.41) is 4.50. The highest BCUT2D eigenvalue weighted by Gasteiger charge is 2.18. The molecule has 1 unspecified atom stereocenters. The van der Waals surface area contributed by atoms with E-state index in [4.69, 9.17) is 11.6 Å². The molecule has 0 spiro atoms. The fraction of sp³-hybridized carbons (Fsp3) is 0.625. The third-order valence-corrected chi connectivity index (χ3v) is 4.52. The Hall–Kier alpha value is -0.0500. The Kier molecular flexibility index (Phi) is 8.05. The van der Waals surface area contributed by atoms with Crippen molar-refractivity contribution in [1.82, 2.24) is 5.32 Å². The molecule has 0 radical (unpaired) electrons. The van der Waals surface area contributed by atoms with Gasteiger partial charge in [-0.05, 0) is 43.0 Å². The largest absolute Gasteiger partial charge is 0.310 e. The van der Waals surface area contributed by atoms with Gasteiger partial charge in [0, 0.05) is 15.5 Å². The first-order chi connectivity index (χ1) is 9.12. The third kappa shape index (κ3) is 5.45. The van der Waals surface area contributed by atoms with Crippen molar-refractivity contribution in [3.63, 3.8) is 0 Å². The summed E-state index contributed by atoms with van der Waals surface area (Å²) >= 11 is 9.87. The molecular weight excluding hydrogens is 322 g/mol. The predicted octanol–water partition coefficient (Wildman–Crippen LogP) is 5.97. The minimum atomic E-state index is 0.366. The van der Waals surface area contributed by atoms with E-state index in [-0.39, 0.29) is 0 Å². The van der Waals surface area contributed by atoms with E-state index in [1.54, 1.807) is 0 Å². The smallest absolute Gasteiger partial charge is 0.0465 e. The van der Waals surface area contributed by atoms with E-state index < -0.39 is 0 Å². The van der Waals surface area contributed by atoms with Crippen molar-refractivity contribution in [3.05, 3.63) is 33.3 Å². The summed E-state index contributed by atoms with van der Waals surface area (Å²) in [4.78, 5) is 0. The standard InChI is InChI=1S/C16H25BrClN/c1-4-9-19-16(10-12(5-2)6-3)14-8-7-13(17)11-15(14)18/h7-8,11-12,16,19H,4-6,9-10H2,1-3H3. The normalized spacial score (nSPS) is 12.9. The average Bonchev–Trinajstić information content (AvgIpc) is 2.40. The van der Waals surface area contributed by atoms with Crippen molar-refractivity contribution in [3.8, 4) is 0 Å². The van der Waals surface area contributed by atoms with Crippen LogP contribution in [0.25, 0.3) is 0 Å². The van der Waals surface area contributed by atoms with Gasteiger partial charge in [-0.1, -0.05) is 67.2 Å². The van der Waals surface area contributed by atoms with Gasteiger partial charge in [-0.15, -0.1) is 0 Å². The minimum absolute atomic E-state index is 0.366. The first-order valence-electron chi connectivity index (χ1n) is 7.30. The molecule has 0 saturated carbocycles. The van der Waals surface area contributed by atoms with E-state index in [0.29, 0.717) is 6.04 Å². The van der Waals surface area contributed by atoms with Gasteiger partial charge in [0.15, 0.2) is 0 Å². The summed E-state index contributed by atoms with van der Waals surface area (Å²) < 4.78 is 1.04. The second-order valence-electron chi connectivity index (χ2n) is 5.09. The van der Waals surface area contributed by atoms with Crippen LogP contribution < -0.4 is 5.32 Å². The van der Waals surface area contributed by atoms with Crippen molar-refractivity contribution in [1.29, 1.82) is 0 Å². The first kappa shape index (κ1) is 17.0. The lowest BCUT2D eigenvalue weighted by atomic mass is 9.91. The highest BCUT2D eigenvalue weighted by molar-refractivity contribution is 9.10. The van der Waals surface area contributed by atoms with Crippen LogP contribution in [0.15, 0.2) is 22.7 Å². The van der Waals surface area contributed by atoms with Gasteiger partial charge in [0.2, 0.25) is 0 Å². The van der Waals surface area contributed by atoms with Gasteiger partial charge in [-0.25, -0.2) is 0 Å². The Balaban J connectivity index is 2.88. The van der Waals surface area contributed by atoms with Gasteiger partial charge in [0.25, 0.3) is 0 Å². The quantitative estimate of drug-likeness (QED) is 0.611. The lowest BCUT2D eigenvalue weighted by Gasteiger charge is -2.24. The molecule has 0 amide bonds. The van der Waals surface area contributed by atoms with Crippen molar-refractivity contribution in [2.45, 2.75) is 52.5 Å². The lowest BCUT2D eigenvalue weighted by Crippen LogP contribution is -2.24. The molecule has 0 aromatic heterocycles. The predicted molar refractivity (Wildman–Crippen MR) is 88.9 cm³/mol. The van der Waals surface area contributed by atoms with Crippen molar-refractivity contribution in [2.24, 2.45) is 5.92 Å². The summed E-state index contributed by atoms with van der Waals surface area (Å²) in [7, 11) is 0. The Morgan fingerprint density at radius 1 is 1.21 bits per heavy atom. The molecule has 0 fully saturated rings. The van der Waals surface area contributed by atoms with Crippen molar-refractivity contribution < 1.29 is 0 Å². The second-order valence-corrected chi connectivity index (χ2v) is 6.41. The molecule has 0 aliphatic carbocycles. The van der Waals surface area contributed by atoms with Gasteiger partial charge in [0.1, 0.15) is 0 Å². The molecule has 1 atom stereocenters. The van der Waals surface area contributed by atoms with Gasteiger partial charge >= 0.3 is 0 Å². The molecule has 0 bridgehead atoms. The minimum Gasteiger partial charge on any atom is -0.310 e. The third-order valence-electron chi connectivity index (χ3n) is 3.70. The van der Waals surface area contributed by atoms with Gasteiger partial charge in [-0.2, -0.15) is 0 Å². The molecule has 0 heterocycles. The van der Waals surface area contributed by atoms with E-state index >= 15 is 0 Å². The first-order valence-corrected chi connectivity index (χ1v) is 8.47. The molecule has 3 heteroatoms. The summed E-state index contributed by atoms with van der Waals surface area (Å²) in [6.07, 6.45) is 4.77. The Morgan fingerprint density at radius 3 is 2.42 bits per heavy atom. The number of rotatable bonds is 8. The summed E-state index contributed by atoms with van der Waals surface area (Å²) in [6.45, 7) is 7.78. The van der Waals surface area contributed by atoms with Gasteiger partial charge in [0.05, 0.1) is 0 Å². The molecule has 0 saturated heterocycles. The molecule has 108 valence electrons. The molecular formula is C16H25BrClN. The highest BCUT2D eigenvalue weighted by Crippen LogP contribution is 2.31. The summed E-state index contributed by atoms with van der Waals surface area (Å²) in [5.41, 5.74) is 1.23. The van der Waals surface area contributed by atoms with Crippen molar-refractivity contribution >= 4 is 27.5 Å². The fourth-order valence-corrected chi connectivity index (χ4v) is 3.18. The van der Waals surface area contributed by atoms with Crippen LogP contribution in [0.3, 0.4) is 0 Å². The van der Waals surface area contributed by atoms with Crippen LogP contribution in [0, 0.1) is 5.92 Å². The average molecular weight is 347 g/mol.